The summed E-state index contributed by atoms with van der Waals surface area (Å²) in [5, 5.41) is 27.2. The molecule has 0 aliphatic heterocycles. The molecule has 118 valence electrons. The molecule has 3 N–H and O–H groups in total. The van der Waals surface area contributed by atoms with Crippen LogP contribution in [0.2, 0.25) is 5.02 Å². The summed E-state index contributed by atoms with van der Waals surface area (Å²) < 4.78 is 0. The fraction of sp³-hybridized carbons (Fsp3) is 0.429. The predicted molar refractivity (Wildman–Crippen MR) is 81.0 cm³/mol. The predicted octanol–water partition coefficient (Wildman–Crippen LogP) is 1.93. The van der Waals surface area contributed by atoms with Crippen molar-refractivity contribution in [3.63, 3.8) is 0 Å². The minimum absolute atomic E-state index is 0.0420. The molecule has 2 unspecified atom stereocenters. The zero-order chi connectivity index (χ0) is 15.9. The molecule has 2 atom stereocenters. The molecule has 0 radical (unpaired) electrons. The maximum absolute atomic E-state index is 12.1. The molecular formula is C14H18ClN5O2. The molecule has 22 heavy (non-hydrogen) atoms. The lowest BCUT2D eigenvalue weighted by atomic mass is 10.1. The van der Waals surface area contributed by atoms with E-state index < -0.39 is 6.10 Å². The van der Waals surface area contributed by atoms with Crippen LogP contribution in [-0.2, 0) is 4.79 Å². The van der Waals surface area contributed by atoms with Crippen LogP contribution < -0.4 is 5.32 Å². The van der Waals surface area contributed by atoms with Gasteiger partial charge >= 0.3 is 0 Å². The number of nitrogens with one attached hydrogen (secondary N) is 2. The molecule has 0 saturated carbocycles. The Labute approximate surface area is 133 Å². The highest BCUT2D eigenvalue weighted by atomic mass is 35.5. The first-order valence-corrected chi connectivity index (χ1v) is 7.44. The Morgan fingerprint density at radius 3 is 2.73 bits per heavy atom. The summed E-state index contributed by atoms with van der Waals surface area (Å²) in [6, 6.07) is 6.44. The lowest BCUT2D eigenvalue weighted by Crippen LogP contribution is -2.30. The van der Waals surface area contributed by atoms with E-state index >= 15 is 0 Å². The minimum atomic E-state index is -0.884. The number of carbonyl (C=O) groups is 1. The number of tetrazole rings is 1. The number of benzene rings is 1. The molecule has 0 aliphatic rings. The summed E-state index contributed by atoms with van der Waals surface area (Å²) in [7, 11) is 0. The lowest BCUT2D eigenvalue weighted by molar-refractivity contribution is -0.124. The van der Waals surface area contributed by atoms with E-state index in [1.807, 2.05) is 6.92 Å². The molecule has 0 bridgehead atoms. The Kier molecular flexibility index (Phi) is 5.85. The number of amides is 1. The van der Waals surface area contributed by atoms with Crippen molar-refractivity contribution in [2.75, 3.05) is 0 Å². The Bertz CT molecular complexity index is 588. The number of aromatic nitrogens is 4. The van der Waals surface area contributed by atoms with Crippen molar-refractivity contribution in [1.82, 2.24) is 25.9 Å². The summed E-state index contributed by atoms with van der Waals surface area (Å²) in [5.41, 5.74) is 0.645. The van der Waals surface area contributed by atoms with Crippen molar-refractivity contribution in [3.05, 3.63) is 40.7 Å². The van der Waals surface area contributed by atoms with Crippen LogP contribution in [0.25, 0.3) is 0 Å². The summed E-state index contributed by atoms with van der Waals surface area (Å²) in [6.07, 6.45) is 0.631. The highest BCUT2D eigenvalue weighted by molar-refractivity contribution is 6.30. The zero-order valence-corrected chi connectivity index (χ0v) is 12.9. The Balaban J connectivity index is 1.94. The van der Waals surface area contributed by atoms with Gasteiger partial charge in [0, 0.05) is 5.02 Å². The fourth-order valence-corrected chi connectivity index (χ4v) is 2.23. The van der Waals surface area contributed by atoms with Gasteiger partial charge in [0.05, 0.1) is 18.6 Å². The largest absolute Gasteiger partial charge is 0.388 e. The maximum atomic E-state index is 12.1. The van der Waals surface area contributed by atoms with E-state index in [1.165, 1.54) is 0 Å². The zero-order valence-electron chi connectivity index (χ0n) is 12.2. The first-order valence-electron chi connectivity index (χ1n) is 7.06. The van der Waals surface area contributed by atoms with Crippen LogP contribution >= 0.6 is 11.6 Å². The van der Waals surface area contributed by atoms with Gasteiger partial charge in [0.1, 0.15) is 0 Å². The molecule has 0 fully saturated rings. The van der Waals surface area contributed by atoms with Crippen molar-refractivity contribution in [2.45, 2.75) is 38.3 Å². The van der Waals surface area contributed by atoms with Crippen LogP contribution in [0.15, 0.2) is 24.3 Å². The molecule has 8 heteroatoms. The van der Waals surface area contributed by atoms with Gasteiger partial charge in [0.15, 0.2) is 5.82 Å². The average Bonchev–Trinajstić information content (AvgIpc) is 3.01. The van der Waals surface area contributed by atoms with Crippen molar-refractivity contribution >= 4 is 17.5 Å². The smallest absolute Gasteiger partial charge is 0.223 e. The number of H-pyrrole nitrogens is 1. The third kappa shape index (κ3) is 4.51. The molecule has 7 nitrogen and oxygen atoms in total. The van der Waals surface area contributed by atoms with Gasteiger partial charge < -0.3 is 10.4 Å². The number of rotatable bonds is 7. The first kappa shape index (κ1) is 16.4. The standard InChI is InChI=1S/C14H18ClN5O2/c1-2-3-11(14-17-19-20-18-14)16-13(22)8-12(21)9-4-6-10(15)7-5-9/h4-7,11-12,21H,2-3,8H2,1H3,(H,16,22)(H,17,18,19,20). The second-order valence-electron chi connectivity index (χ2n) is 4.95. The maximum Gasteiger partial charge on any atom is 0.223 e. The molecule has 2 rings (SSSR count). The molecular weight excluding hydrogens is 306 g/mol. The van der Waals surface area contributed by atoms with Gasteiger partial charge in [0.25, 0.3) is 0 Å². The number of aliphatic hydroxyl groups excluding tert-OH is 1. The van der Waals surface area contributed by atoms with E-state index in [4.69, 9.17) is 11.6 Å². The Morgan fingerprint density at radius 2 is 2.14 bits per heavy atom. The molecule has 1 aromatic heterocycles. The topological polar surface area (TPSA) is 104 Å². The van der Waals surface area contributed by atoms with Crippen molar-refractivity contribution in [1.29, 1.82) is 0 Å². The molecule has 0 saturated heterocycles. The van der Waals surface area contributed by atoms with Gasteiger partial charge in [-0.25, -0.2) is 0 Å². The van der Waals surface area contributed by atoms with Crippen molar-refractivity contribution in [3.8, 4) is 0 Å². The van der Waals surface area contributed by atoms with Gasteiger partial charge in [-0.1, -0.05) is 42.3 Å². The first-order chi connectivity index (χ1) is 10.6. The molecule has 2 aromatic rings. The third-order valence-electron chi connectivity index (χ3n) is 3.22. The summed E-state index contributed by atoms with van der Waals surface area (Å²) in [5.74, 6) is 0.168. The second-order valence-corrected chi connectivity index (χ2v) is 5.39. The molecule has 1 aromatic carbocycles. The Hall–Kier alpha value is -1.99. The van der Waals surface area contributed by atoms with Crippen LogP contribution in [0.4, 0.5) is 0 Å². The molecule has 0 aliphatic carbocycles. The number of nitrogens with zero attached hydrogens (tertiary/aromatic N) is 3. The molecule has 0 spiro atoms. The van der Waals surface area contributed by atoms with E-state index in [9.17, 15) is 9.90 Å². The van der Waals surface area contributed by atoms with Gasteiger partial charge in [0.2, 0.25) is 5.91 Å². The van der Waals surface area contributed by atoms with E-state index in [2.05, 4.69) is 25.9 Å². The van der Waals surface area contributed by atoms with Gasteiger partial charge in [-0.15, -0.1) is 10.2 Å². The normalized spacial score (nSPS) is 13.6. The number of carbonyl (C=O) groups excluding carboxylic acids is 1. The number of aliphatic hydroxyl groups is 1. The quantitative estimate of drug-likeness (QED) is 0.722. The SMILES string of the molecule is CCCC(NC(=O)CC(O)c1ccc(Cl)cc1)c1nn[nH]n1. The van der Waals surface area contributed by atoms with Crippen LogP contribution in [0.1, 0.15) is 49.7 Å². The van der Waals surface area contributed by atoms with E-state index in [1.54, 1.807) is 24.3 Å². The van der Waals surface area contributed by atoms with Crippen LogP contribution in [0, 0.1) is 0 Å². The van der Waals surface area contributed by atoms with Gasteiger partial charge in [-0.05, 0) is 24.1 Å². The summed E-state index contributed by atoms with van der Waals surface area (Å²) >= 11 is 5.80. The third-order valence-corrected chi connectivity index (χ3v) is 3.47. The number of hydrogen-bond acceptors (Lipinski definition) is 5. The van der Waals surface area contributed by atoms with E-state index in [0.717, 1.165) is 6.42 Å². The van der Waals surface area contributed by atoms with Crippen molar-refractivity contribution < 1.29 is 9.90 Å². The molecule has 1 amide bonds. The van der Waals surface area contributed by atoms with Gasteiger partial charge in [-0.2, -0.15) is 5.21 Å². The number of hydrogen-bond donors (Lipinski definition) is 3. The Morgan fingerprint density at radius 1 is 1.41 bits per heavy atom. The van der Waals surface area contributed by atoms with Crippen LogP contribution in [0.3, 0.4) is 0 Å². The average molecular weight is 324 g/mol. The highest BCUT2D eigenvalue weighted by Crippen LogP contribution is 2.20. The minimum Gasteiger partial charge on any atom is -0.388 e. The summed E-state index contributed by atoms with van der Waals surface area (Å²) in [6.45, 7) is 2.00. The highest BCUT2D eigenvalue weighted by Gasteiger charge is 2.20. The van der Waals surface area contributed by atoms with E-state index in [-0.39, 0.29) is 18.4 Å². The lowest BCUT2D eigenvalue weighted by Gasteiger charge is -2.16. The monoisotopic (exact) mass is 323 g/mol. The van der Waals surface area contributed by atoms with Crippen LogP contribution in [-0.4, -0.2) is 31.6 Å². The summed E-state index contributed by atoms with van der Waals surface area (Å²) in [4.78, 5) is 12.1. The second kappa shape index (κ2) is 7.86. The fourth-order valence-electron chi connectivity index (χ4n) is 2.10. The van der Waals surface area contributed by atoms with E-state index in [0.29, 0.717) is 22.8 Å². The number of aromatic amines is 1. The van der Waals surface area contributed by atoms with Crippen molar-refractivity contribution in [2.24, 2.45) is 0 Å². The van der Waals surface area contributed by atoms with Gasteiger partial charge in [-0.3, -0.25) is 4.79 Å². The van der Waals surface area contributed by atoms with Crippen LogP contribution in [0.5, 0.6) is 0 Å². The molecule has 1 heterocycles. The number of halogens is 1.